The summed E-state index contributed by atoms with van der Waals surface area (Å²) in [6.07, 6.45) is -4.78. The molecule has 3 aromatic carbocycles. The summed E-state index contributed by atoms with van der Waals surface area (Å²) >= 11 is 11.1. The normalized spacial score (nSPS) is 10.5. The number of ether oxygens (including phenoxy) is 2. The number of halogens is 5. The minimum absolute atomic E-state index is 0.344. The number of nitrogens with one attached hydrogen (secondary N) is 1. The van der Waals surface area contributed by atoms with Crippen molar-refractivity contribution in [1.82, 2.24) is 0 Å². The summed E-state index contributed by atoms with van der Waals surface area (Å²) in [6.45, 7) is 0.957. The van der Waals surface area contributed by atoms with Gasteiger partial charge in [-0.15, -0.1) is 0 Å². The van der Waals surface area contributed by atoms with Gasteiger partial charge < -0.3 is 14.8 Å². The second kappa shape index (κ2) is 11.6. The molecule has 5 nitrogen and oxygen atoms in total. The number of rotatable bonds is 4. The molecule has 3 rings (SSSR count). The van der Waals surface area contributed by atoms with Gasteiger partial charge in [0.05, 0.1) is 18.2 Å². The first-order chi connectivity index (χ1) is 15.5. The summed E-state index contributed by atoms with van der Waals surface area (Å²) in [4.78, 5) is 23.5. The van der Waals surface area contributed by atoms with Gasteiger partial charge in [-0.2, -0.15) is 13.2 Å². The zero-order valence-corrected chi connectivity index (χ0v) is 18.9. The van der Waals surface area contributed by atoms with Crippen molar-refractivity contribution >= 4 is 40.8 Å². The number of benzene rings is 3. The van der Waals surface area contributed by atoms with E-state index in [1.807, 2.05) is 6.07 Å². The van der Waals surface area contributed by atoms with Crippen molar-refractivity contribution in [1.29, 1.82) is 0 Å². The van der Waals surface area contributed by atoms with Gasteiger partial charge >= 0.3 is 12.1 Å². The molecule has 174 valence electrons. The third-order valence-corrected chi connectivity index (χ3v) is 4.42. The van der Waals surface area contributed by atoms with E-state index >= 15 is 0 Å². The first-order valence-electron chi connectivity index (χ1n) is 9.26. The Bertz CT molecular complexity index is 1100. The number of carbonyl (C=O) groups excluding carboxylic acids is 2. The highest BCUT2D eigenvalue weighted by Crippen LogP contribution is 2.38. The molecule has 1 N–H and O–H groups in total. The number of anilines is 1. The van der Waals surface area contributed by atoms with Gasteiger partial charge in [-0.3, -0.25) is 9.59 Å². The second-order valence-electron chi connectivity index (χ2n) is 6.40. The predicted molar refractivity (Wildman–Crippen MR) is 120 cm³/mol. The SMILES string of the molecule is COc1ccc(NC(=O)c2cccc(C(F)(F)F)c2OC(C)=O)cc1.Clc1cccc(Cl)c1. The number of hydrogen-bond donors (Lipinski definition) is 1. The van der Waals surface area contributed by atoms with Crippen molar-refractivity contribution in [2.45, 2.75) is 13.1 Å². The van der Waals surface area contributed by atoms with Gasteiger partial charge in [-0.25, -0.2) is 0 Å². The van der Waals surface area contributed by atoms with Crippen molar-refractivity contribution in [3.05, 3.63) is 87.9 Å². The molecule has 0 radical (unpaired) electrons. The summed E-state index contributed by atoms with van der Waals surface area (Å²) in [7, 11) is 1.47. The Morgan fingerprint density at radius 3 is 1.94 bits per heavy atom. The molecule has 10 heteroatoms. The van der Waals surface area contributed by atoms with E-state index in [-0.39, 0.29) is 0 Å². The Labute approximate surface area is 198 Å². The van der Waals surface area contributed by atoms with Gasteiger partial charge in [-0.1, -0.05) is 35.3 Å². The highest BCUT2D eigenvalue weighted by atomic mass is 35.5. The molecule has 0 aromatic heterocycles. The van der Waals surface area contributed by atoms with Crippen LogP contribution >= 0.6 is 23.2 Å². The third-order valence-electron chi connectivity index (χ3n) is 3.95. The Balaban J connectivity index is 0.000000405. The van der Waals surface area contributed by atoms with E-state index in [0.717, 1.165) is 25.1 Å². The molecule has 0 bridgehead atoms. The van der Waals surface area contributed by atoms with Crippen LogP contribution in [-0.4, -0.2) is 19.0 Å². The van der Waals surface area contributed by atoms with E-state index in [1.54, 1.807) is 30.3 Å². The van der Waals surface area contributed by atoms with Crippen LogP contribution in [0.1, 0.15) is 22.8 Å². The molecule has 0 atom stereocenters. The summed E-state index contributed by atoms with van der Waals surface area (Å²) in [5.74, 6) is -2.08. The molecule has 33 heavy (non-hydrogen) atoms. The molecule has 0 fully saturated rings. The first kappa shape index (κ1) is 26.0. The lowest BCUT2D eigenvalue weighted by atomic mass is 10.1. The Morgan fingerprint density at radius 1 is 0.909 bits per heavy atom. The summed E-state index contributed by atoms with van der Waals surface area (Å²) in [5.41, 5.74) is -1.26. The van der Waals surface area contributed by atoms with E-state index in [9.17, 15) is 22.8 Å². The van der Waals surface area contributed by atoms with Crippen LogP contribution in [0.15, 0.2) is 66.7 Å². The van der Waals surface area contributed by atoms with E-state index < -0.39 is 34.9 Å². The van der Waals surface area contributed by atoms with Crippen molar-refractivity contribution in [2.24, 2.45) is 0 Å². The Kier molecular flexibility index (Phi) is 9.13. The number of alkyl halides is 3. The smallest absolute Gasteiger partial charge is 0.420 e. The highest BCUT2D eigenvalue weighted by molar-refractivity contribution is 6.34. The summed E-state index contributed by atoms with van der Waals surface area (Å²) in [6, 6.07) is 16.2. The van der Waals surface area contributed by atoms with Crippen molar-refractivity contribution in [3.63, 3.8) is 0 Å². The van der Waals surface area contributed by atoms with Crippen molar-refractivity contribution < 1.29 is 32.2 Å². The molecule has 0 heterocycles. The van der Waals surface area contributed by atoms with E-state index in [1.165, 1.54) is 19.2 Å². The minimum Gasteiger partial charge on any atom is -0.497 e. The van der Waals surface area contributed by atoms with Crippen molar-refractivity contribution in [3.8, 4) is 11.5 Å². The lowest BCUT2D eigenvalue weighted by molar-refractivity contribution is -0.141. The molecule has 0 aliphatic carbocycles. The van der Waals surface area contributed by atoms with Crippen LogP contribution in [-0.2, 0) is 11.0 Å². The Morgan fingerprint density at radius 2 is 1.48 bits per heavy atom. The topological polar surface area (TPSA) is 64.6 Å². The van der Waals surface area contributed by atoms with Crippen LogP contribution in [0.4, 0.5) is 18.9 Å². The van der Waals surface area contributed by atoms with Gasteiger partial charge in [0, 0.05) is 22.7 Å². The van der Waals surface area contributed by atoms with Crippen LogP contribution in [0.2, 0.25) is 10.0 Å². The maximum absolute atomic E-state index is 13.1. The van der Waals surface area contributed by atoms with E-state index in [0.29, 0.717) is 21.5 Å². The molecule has 0 unspecified atom stereocenters. The van der Waals surface area contributed by atoms with Gasteiger partial charge in [0.25, 0.3) is 5.91 Å². The molecular weight excluding hydrogens is 482 g/mol. The maximum atomic E-state index is 13.1. The fraction of sp³-hybridized carbons (Fsp3) is 0.130. The number of amides is 1. The maximum Gasteiger partial charge on any atom is 0.420 e. The molecule has 0 saturated heterocycles. The fourth-order valence-electron chi connectivity index (χ4n) is 2.53. The Hall–Kier alpha value is -3.23. The molecule has 0 saturated carbocycles. The van der Waals surface area contributed by atoms with E-state index in [2.05, 4.69) is 10.1 Å². The molecule has 0 spiro atoms. The lowest BCUT2D eigenvalue weighted by Crippen LogP contribution is -2.18. The number of hydrogen-bond acceptors (Lipinski definition) is 4. The fourth-order valence-corrected chi connectivity index (χ4v) is 2.96. The van der Waals surface area contributed by atoms with Crippen LogP contribution < -0.4 is 14.8 Å². The standard InChI is InChI=1S/C17H14F3NO4.C6H4Cl2/c1-10(22)25-15-13(4-3-5-14(15)17(18,19)20)16(23)21-11-6-8-12(24-2)9-7-11;7-5-2-1-3-6(8)4-5/h3-9H,1-2H3,(H,21,23);1-4H. The van der Waals surface area contributed by atoms with Crippen molar-refractivity contribution in [2.75, 3.05) is 12.4 Å². The molecule has 0 aliphatic rings. The van der Waals surface area contributed by atoms with Crippen LogP contribution in [0.5, 0.6) is 11.5 Å². The minimum atomic E-state index is -4.78. The number of carbonyl (C=O) groups is 2. The van der Waals surface area contributed by atoms with Gasteiger partial charge in [0.15, 0.2) is 5.75 Å². The summed E-state index contributed by atoms with van der Waals surface area (Å²) in [5, 5.41) is 3.81. The lowest BCUT2D eigenvalue weighted by Gasteiger charge is -2.15. The third kappa shape index (κ3) is 8.00. The highest BCUT2D eigenvalue weighted by Gasteiger charge is 2.37. The van der Waals surface area contributed by atoms with Gasteiger partial charge in [-0.05, 0) is 54.6 Å². The first-order valence-corrected chi connectivity index (χ1v) is 10.0. The monoisotopic (exact) mass is 499 g/mol. The van der Waals surface area contributed by atoms with Crippen LogP contribution in [0.25, 0.3) is 0 Å². The van der Waals surface area contributed by atoms with Gasteiger partial charge in [0.2, 0.25) is 0 Å². The van der Waals surface area contributed by atoms with Gasteiger partial charge in [0.1, 0.15) is 5.75 Å². The van der Waals surface area contributed by atoms with E-state index in [4.69, 9.17) is 27.9 Å². The zero-order valence-electron chi connectivity index (χ0n) is 17.4. The quantitative estimate of drug-likeness (QED) is 0.313. The molecule has 1 amide bonds. The number of para-hydroxylation sites is 1. The number of esters is 1. The average molecular weight is 500 g/mol. The zero-order chi connectivity index (χ0) is 24.6. The predicted octanol–water partition coefficient (Wildman–Crippen LogP) is 6.89. The summed E-state index contributed by atoms with van der Waals surface area (Å²) < 4.78 is 49.0. The molecule has 3 aromatic rings. The average Bonchev–Trinajstić information content (AvgIpc) is 2.73. The molecule has 0 aliphatic heterocycles. The molecular formula is C23H18Cl2F3NO4. The van der Waals surface area contributed by atoms with Crippen LogP contribution in [0.3, 0.4) is 0 Å². The largest absolute Gasteiger partial charge is 0.497 e. The second-order valence-corrected chi connectivity index (χ2v) is 7.27. The number of methoxy groups -OCH3 is 1. The van der Waals surface area contributed by atoms with Crippen LogP contribution in [0, 0.1) is 0 Å².